The van der Waals surface area contributed by atoms with E-state index >= 15 is 0 Å². The molecule has 0 aromatic heterocycles. The van der Waals surface area contributed by atoms with Crippen LogP contribution in [0.4, 0.5) is 5.69 Å². The Kier molecular flexibility index (Phi) is 6.04. The predicted molar refractivity (Wildman–Crippen MR) is 92.2 cm³/mol. The molecule has 2 aromatic rings. The maximum Gasteiger partial charge on any atom is 0.0521 e. The van der Waals surface area contributed by atoms with E-state index in [9.17, 15) is 0 Å². The summed E-state index contributed by atoms with van der Waals surface area (Å²) in [6.45, 7) is 1.02. The third-order valence-electron chi connectivity index (χ3n) is 3.39. The van der Waals surface area contributed by atoms with E-state index in [0.29, 0.717) is 0 Å². The van der Waals surface area contributed by atoms with Crippen LogP contribution in [0.1, 0.15) is 18.4 Å². The second-order valence-electron chi connectivity index (χ2n) is 5.26. The second-order valence-corrected chi connectivity index (χ2v) is 5.26. The van der Waals surface area contributed by atoms with E-state index in [0.717, 1.165) is 19.4 Å². The van der Waals surface area contributed by atoms with Crippen molar-refractivity contribution in [2.24, 2.45) is 0 Å². The van der Waals surface area contributed by atoms with Gasteiger partial charge in [0.25, 0.3) is 0 Å². The zero-order valence-corrected chi connectivity index (χ0v) is 12.9. The van der Waals surface area contributed by atoms with Crippen molar-refractivity contribution in [2.75, 3.05) is 25.6 Å². The van der Waals surface area contributed by atoms with Gasteiger partial charge in [-0.2, -0.15) is 0 Å². The second kappa shape index (κ2) is 8.28. The number of allylic oxidation sites excluding steroid dienone is 1. The van der Waals surface area contributed by atoms with Crippen molar-refractivity contribution in [1.29, 1.82) is 0 Å². The summed E-state index contributed by atoms with van der Waals surface area (Å²) in [7, 11) is 4.18. The van der Waals surface area contributed by atoms with Crippen LogP contribution >= 0.6 is 0 Å². The maximum absolute atomic E-state index is 2.30. The Morgan fingerprint density at radius 1 is 0.857 bits per heavy atom. The van der Waals surface area contributed by atoms with Gasteiger partial charge in [0.05, 0.1) is 5.69 Å². The summed E-state index contributed by atoms with van der Waals surface area (Å²) in [5.74, 6) is 0. The van der Waals surface area contributed by atoms with Crippen LogP contribution in [0.3, 0.4) is 0 Å². The molecule has 0 bridgehead atoms. The van der Waals surface area contributed by atoms with Crippen molar-refractivity contribution >= 4 is 11.8 Å². The molecule has 2 heteroatoms. The Morgan fingerprint density at radius 3 is 2.10 bits per heavy atom. The van der Waals surface area contributed by atoms with Crippen LogP contribution < -0.4 is 5.01 Å². The highest BCUT2D eigenvalue weighted by Crippen LogP contribution is 2.15. The highest BCUT2D eigenvalue weighted by atomic mass is 15.6. The number of hydrazine groups is 1. The Morgan fingerprint density at radius 2 is 1.48 bits per heavy atom. The van der Waals surface area contributed by atoms with Crippen molar-refractivity contribution in [3.05, 3.63) is 72.3 Å². The number of hydrogen-bond acceptors (Lipinski definition) is 2. The molecule has 0 heterocycles. The van der Waals surface area contributed by atoms with Crippen LogP contribution in [0.15, 0.2) is 66.7 Å². The lowest BCUT2D eigenvalue weighted by molar-refractivity contribution is 0.366. The van der Waals surface area contributed by atoms with E-state index in [2.05, 4.69) is 90.9 Å². The molecule has 0 aliphatic heterocycles. The normalized spacial score (nSPS) is 11.2. The fraction of sp³-hybridized carbons (Fsp3) is 0.263. The molecule has 0 spiro atoms. The molecule has 0 atom stereocenters. The standard InChI is InChI=1S/C19H24N2/c1-20(2)21(19-15-9-4-10-16-19)17-11-5-8-14-18-12-6-3-7-13-18/h3-4,6-10,12-16H,5,11,17H2,1-2H3. The summed E-state index contributed by atoms with van der Waals surface area (Å²) in [6.07, 6.45) is 6.68. The minimum absolute atomic E-state index is 1.02. The maximum atomic E-state index is 2.30. The average Bonchev–Trinajstić information content (AvgIpc) is 2.52. The van der Waals surface area contributed by atoms with Crippen LogP contribution in [-0.4, -0.2) is 25.6 Å². The monoisotopic (exact) mass is 280 g/mol. The number of unbranched alkanes of at least 4 members (excludes halogenated alkanes) is 1. The number of rotatable bonds is 7. The number of anilines is 1. The third kappa shape index (κ3) is 5.09. The van der Waals surface area contributed by atoms with Gasteiger partial charge in [-0.25, -0.2) is 5.01 Å². The Balaban J connectivity index is 1.82. The number of hydrogen-bond donors (Lipinski definition) is 0. The summed E-state index contributed by atoms with van der Waals surface area (Å²) in [4.78, 5) is 0. The highest BCUT2D eigenvalue weighted by molar-refractivity contribution is 5.48. The summed E-state index contributed by atoms with van der Waals surface area (Å²) >= 11 is 0. The van der Waals surface area contributed by atoms with Crippen LogP contribution in [0.25, 0.3) is 6.08 Å². The number of benzene rings is 2. The van der Waals surface area contributed by atoms with Gasteiger partial charge in [0, 0.05) is 20.6 Å². The molecule has 0 amide bonds. The molecule has 0 aliphatic carbocycles. The summed E-state index contributed by atoms with van der Waals surface area (Å²) in [5.41, 5.74) is 2.51. The lowest BCUT2D eigenvalue weighted by Crippen LogP contribution is -2.37. The summed E-state index contributed by atoms with van der Waals surface area (Å²) in [5, 5.41) is 4.45. The van der Waals surface area contributed by atoms with Crippen LogP contribution in [0, 0.1) is 0 Å². The molecule has 0 unspecified atom stereocenters. The van der Waals surface area contributed by atoms with Crippen LogP contribution in [0.5, 0.6) is 0 Å². The van der Waals surface area contributed by atoms with Gasteiger partial charge in [0.1, 0.15) is 0 Å². The topological polar surface area (TPSA) is 6.48 Å². The minimum Gasteiger partial charge on any atom is -0.306 e. The van der Waals surface area contributed by atoms with E-state index < -0.39 is 0 Å². The van der Waals surface area contributed by atoms with Crippen LogP contribution in [-0.2, 0) is 0 Å². The van der Waals surface area contributed by atoms with Crippen molar-refractivity contribution in [1.82, 2.24) is 5.01 Å². The molecule has 0 aliphatic rings. The zero-order valence-electron chi connectivity index (χ0n) is 12.9. The van der Waals surface area contributed by atoms with Crippen molar-refractivity contribution in [2.45, 2.75) is 12.8 Å². The molecule has 110 valence electrons. The molecule has 0 fully saturated rings. The largest absolute Gasteiger partial charge is 0.306 e. The van der Waals surface area contributed by atoms with E-state index in [1.54, 1.807) is 0 Å². The SMILES string of the molecule is CN(C)N(CCCC=Cc1ccccc1)c1ccccc1. The van der Waals surface area contributed by atoms with Crippen molar-refractivity contribution in [3.63, 3.8) is 0 Å². The van der Waals surface area contributed by atoms with Gasteiger partial charge in [-0.3, -0.25) is 0 Å². The zero-order chi connectivity index (χ0) is 14.9. The lowest BCUT2D eigenvalue weighted by Gasteiger charge is -2.31. The lowest BCUT2D eigenvalue weighted by atomic mass is 10.2. The van der Waals surface area contributed by atoms with E-state index in [-0.39, 0.29) is 0 Å². The molecular weight excluding hydrogens is 256 g/mol. The smallest absolute Gasteiger partial charge is 0.0521 e. The number of nitrogens with zero attached hydrogens (tertiary/aromatic N) is 2. The van der Waals surface area contributed by atoms with Crippen LogP contribution in [0.2, 0.25) is 0 Å². The van der Waals surface area contributed by atoms with E-state index in [4.69, 9.17) is 0 Å². The molecular formula is C19H24N2. The first kappa shape index (κ1) is 15.3. The first-order valence-corrected chi connectivity index (χ1v) is 7.49. The number of para-hydroxylation sites is 1. The Hall–Kier alpha value is -2.06. The highest BCUT2D eigenvalue weighted by Gasteiger charge is 2.06. The summed E-state index contributed by atoms with van der Waals surface area (Å²) < 4.78 is 0. The van der Waals surface area contributed by atoms with Crippen molar-refractivity contribution < 1.29 is 0 Å². The molecule has 0 radical (unpaired) electrons. The quantitative estimate of drug-likeness (QED) is 0.545. The molecule has 2 nitrogen and oxygen atoms in total. The van der Waals surface area contributed by atoms with Gasteiger partial charge in [0.15, 0.2) is 0 Å². The van der Waals surface area contributed by atoms with Crippen molar-refractivity contribution in [3.8, 4) is 0 Å². The predicted octanol–water partition coefficient (Wildman–Crippen LogP) is 4.46. The molecule has 21 heavy (non-hydrogen) atoms. The summed E-state index contributed by atoms with van der Waals surface area (Å²) in [6, 6.07) is 21.0. The fourth-order valence-electron chi connectivity index (χ4n) is 2.30. The molecule has 2 rings (SSSR count). The Bertz CT molecular complexity index is 532. The first-order valence-electron chi connectivity index (χ1n) is 7.49. The van der Waals surface area contributed by atoms with E-state index in [1.807, 2.05) is 6.07 Å². The van der Waals surface area contributed by atoms with E-state index in [1.165, 1.54) is 11.3 Å². The minimum atomic E-state index is 1.02. The van der Waals surface area contributed by atoms with Gasteiger partial charge in [0.2, 0.25) is 0 Å². The fourth-order valence-corrected chi connectivity index (χ4v) is 2.30. The third-order valence-corrected chi connectivity index (χ3v) is 3.39. The molecule has 0 saturated carbocycles. The molecule has 2 aromatic carbocycles. The van der Waals surface area contributed by atoms with Gasteiger partial charge < -0.3 is 5.01 Å². The van der Waals surface area contributed by atoms with Gasteiger partial charge in [-0.15, -0.1) is 0 Å². The van der Waals surface area contributed by atoms with Gasteiger partial charge in [-0.05, 0) is 30.5 Å². The Labute approximate surface area is 128 Å². The van der Waals surface area contributed by atoms with Gasteiger partial charge in [-0.1, -0.05) is 60.7 Å². The first-order chi connectivity index (χ1) is 10.3. The van der Waals surface area contributed by atoms with Gasteiger partial charge >= 0.3 is 0 Å². The molecule has 0 saturated heterocycles. The average molecular weight is 280 g/mol. The molecule has 0 N–H and O–H groups in total.